The molecule has 3 rings (SSSR count). The first-order valence-electron chi connectivity index (χ1n) is 6.57. The second-order valence-corrected chi connectivity index (χ2v) is 5.52. The fourth-order valence-electron chi connectivity index (χ4n) is 1.70. The van der Waals surface area contributed by atoms with Gasteiger partial charge in [-0.25, -0.2) is 9.89 Å². The maximum absolute atomic E-state index is 11.7. The first-order valence-corrected chi connectivity index (χ1v) is 7.55. The molecule has 0 fully saturated rings. The number of aromatic amines is 1. The highest BCUT2D eigenvalue weighted by atomic mass is 32.2. The normalized spacial score (nSPS) is 10.7. The summed E-state index contributed by atoms with van der Waals surface area (Å²) in [6, 6.07) is 7.66. The average Bonchev–Trinajstić information content (AvgIpc) is 3.16. The molecule has 0 saturated heterocycles. The molecular weight excluding hydrogens is 320 g/mol. The van der Waals surface area contributed by atoms with E-state index < -0.39 is 11.6 Å². The Balaban J connectivity index is 1.59. The molecule has 9 nitrogen and oxygen atoms in total. The molecule has 2 aromatic heterocycles. The van der Waals surface area contributed by atoms with Gasteiger partial charge in [-0.05, 0) is 19.1 Å². The lowest BCUT2D eigenvalue weighted by Gasteiger charge is -2.01. The summed E-state index contributed by atoms with van der Waals surface area (Å²) in [5, 5.41) is 13.8. The van der Waals surface area contributed by atoms with Gasteiger partial charge in [-0.2, -0.15) is 9.77 Å². The molecule has 0 bridgehead atoms. The molecule has 1 amide bonds. The number of aryl methyl sites for hydroxylation is 1. The second kappa shape index (κ2) is 6.48. The lowest BCUT2D eigenvalue weighted by molar-refractivity contribution is -0.114. The minimum Gasteiger partial charge on any atom is -0.411 e. The Morgan fingerprint density at radius 1 is 1.35 bits per heavy atom. The van der Waals surface area contributed by atoms with Crippen LogP contribution < -0.4 is 11.1 Å². The maximum atomic E-state index is 11.7. The first-order chi connectivity index (χ1) is 11.1. The standard InChI is InChI=1S/C13H12N6O3S/c1-8-2-4-9(5-3-8)11-15-17-13(22-11)23-6-10(20)18-19-7-14-16-12(19)21/h2-5,7H,6H2,1H3,(H,16,21)(H,18,20). The van der Waals surface area contributed by atoms with Gasteiger partial charge in [0.2, 0.25) is 11.8 Å². The van der Waals surface area contributed by atoms with Crippen LogP contribution in [0.25, 0.3) is 11.5 Å². The fourth-order valence-corrected chi connectivity index (χ4v) is 2.26. The molecule has 0 atom stereocenters. The SMILES string of the molecule is Cc1ccc(-c2nnc(SCC(=O)Nn3cn[nH]c3=O)o2)cc1. The van der Waals surface area contributed by atoms with E-state index in [0.29, 0.717) is 5.89 Å². The zero-order chi connectivity index (χ0) is 16.2. The van der Waals surface area contributed by atoms with Crippen molar-refractivity contribution in [2.45, 2.75) is 12.1 Å². The van der Waals surface area contributed by atoms with Gasteiger partial charge >= 0.3 is 5.69 Å². The number of H-pyrrole nitrogens is 1. The van der Waals surface area contributed by atoms with Crippen molar-refractivity contribution in [2.75, 3.05) is 11.2 Å². The van der Waals surface area contributed by atoms with Crippen LogP contribution in [0.2, 0.25) is 0 Å². The van der Waals surface area contributed by atoms with Crippen molar-refractivity contribution < 1.29 is 9.21 Å². The average molecular weight is 332 g/mol. The lowest BCUT2D eigenvalue weighted by Crippen LogP contribution is -2.31. The van der Waals surface area contributed by atoms with Crippen LogP contribution in [0.5, 0.6) is 0 Å². The van der Waals surface area contributed by atoms with Crippen molar-refractivity contribution in [3.8, 4) is 11.5 Å². The van der Waals surface area contributed by atoms with E-state index in [1.807, 2.05) is 31.2 Å². The van der Waals surface area contributed by atoms with Crippen LogP contribution >= 0.6 is 11.8 Å². The molecule has 0 radical (unpaired) electrons. The topological polar surface area (TPSA) is 119 Å². The van der Waals surface area contributed by atoms with E-state index in [0.717, 1.165) is 27.6 Å². The predicted octanol–water partition coefficient (Wildman–Crippen LogP) is 0.792. The Morgan fingerprint density at radius 3 is 2.83 bits per heavy atom. The van der Waals surface area contributed by atoms with Crippen molar-refractivity contribution >= 4 is 17.7 Å². The van der Waals surface area contributed by atoms with Crippen LogP contribution in [0.1, 0.15) is 5.56 Å². The van der Waals surface area contributed by atoms with Crippen LogP contribution in [0.3, 0.4) is 0 Å². The molecule has 3 aromatic rings. The third kappa shape index (κ3) is 3.66. The van der Waals surface area contributed by atoms with Crippen molar-refractivity contribution in [3.05, 3.63) is 46.6 Å². The lowest BCUT2D eigenvalue weighted by atomic mass is 10.1. The summed E-state index contributed by atoms with van der Waals surface area (Å²) in [6.45, 7) is 1.99. The molecule has 118 valence electrons. The molecule has 0 saturated carbocycles. The Labute approximate surface area is 134 Å². The molecule has 10 heteroatoms. The highest BCUT2D eigenvalue weighted by Gasteiger charge is 2.11. The van der Waals surface area contributed by atoms with E-state index in [-0.39, 0.29) is 11.0 Å². The van der Waals surface area contributed by atoms with Gasteiger partial charge in [-0.1, -0.05) is 29.5 Å². The smallest absolute Gasteiger partial charge is 0.362 e. The molecule has 1 aromatic carbocycles. The largest absolute Gasteiger partial charge is 0.411 e. The van der Waals surface area contributed by atoms with Crippen LogP contribution in [0, 0.1) is 6.92 Å². The summed E-state index contributed by atoms with van der Waals surface area (Å²) in [5.41, 5.74) is 3.78. The Hall–Kier alpha value is -2.88. The minimum absolute atomic E-state index is 0.0210. The van der Waals surface area contributed by atoms with E-state index in [1.165, 1.54) is 6.33 Å². The van der Waals surface area contributed by atoms with Gasteiger partial charge in [0.1, 0.15) is 6.33 Å². The number of aromatic nitrogens is 5. The minimum atomic E-state index is -0.525. The fraction of sp³-hybridized carbons (Fsp3) is 0.154. The molecule has 2 heterocycles. The number of nitrogens with one attached hydrogen (secondary N) is 2. The van der Waals surface area contributed by atoms with Gasteiger partial charge in [-0.3, -0.25) is 10.2 Å². The van der Waals surface area contributed by atoms with Gasteiger partial charge < -0.3 is 4.42 Å². The van der Waals surface area contributed by atoms with Crippen molar-refractivity contribution in [1.29, 1.82) is 0 Å². The number of carbonyl (C=O) groups excluding carboxylic acids is 1. The van der Waals surface area contributed by atoms with Crippen LogP contribution in [0.4, 0.5) is 0 Å². The monoisotopic (exact) mass is 332 g/mol. The highest BCUT2D eigenvalue weighted by Crippen LogP contribution is 2.23. The third-order valence-electron chi connectivity index (χ3n) is 2.83. The summed E-state index contributed by atoms with van der Waals surface area (Å²) in [7, 11) is 0. The number of rotatable bonds is 5. The van der Waals surface area contributed by atoms with Crippen LogP contribution in [0.15, 0.2) is 45.0 Å². The number of amides is 1. The quantitative estimate of drug-likeness (QED) is 0.663. The summed E-state index contributed by atoms with van der Waals surface area (Å²) in [5.74, 6) is 0.0141. The Bertz CT molecular complexity index is 866. The van der Waals surface area contributed by atoms with E-state index in [9.17, 15) is 9.59 Å². The summed E-state index contributed by atoms with van der Waals surface area (Å²) >= 11 is 1.08. The summed E-state index contributed by atoms with van der Waals surface area (Å²) in [6.07, 6.45) is 1.17. The van der Waals surface area contributed by atoms with Crippen molar-refractivity contribution in [3.63, 3.8) is 0 Å². The molecule has 0 aliphatic carbocycles. The van der Waals surface area contributed by atoms with Gasteiger partial charge in [0, 0.05) is 5.56 Å². The number of thioether (sulfide) groups is 1. The predicted molar refractivity (Wildman–Crippen MR) is 82.4 cm³/mol. The number of nitrogens with zero attached hydrogens (tertiary/aromatic N) is 4. The zero-order valence-electron chi connectivity index (χ0n) is 12.0. The number of carbonyl (C=O) groups is 1. The molecule has 0 aliphatic heterocycles. The van der Waals surface area contributed by atoms with E-state index in [4.69, 9.17) is 4.42 Å². The molecule has 0 aliphatic rings. The molecule has 2 N–H and O–H groups in total. The first kappa shape index (κ1) is 15.0. The number of hydrogen-bond acceptors (Lipinski definition) is 7. The molecule has 0 spiro atoms. The molecule has 23 heavy (non-hydrogen) atoms. The Kier molecular flexibility index (Phi) is 4.24. The highest BCUT2D eigenvalue weighted by molar-refractivity contribution is 7.99. The van der Waals surface area contributed by atoms with Crippen molar-refractivity contribution in [2.24, 2.45) is 0 Å². The third-order valence-corrected chi connectivity index (χ3v) is 3.65. The van der Waals surface area contributed by atoms with Gasteiger partial charge in [0.05, 0.1) is 5.75 Å². The van der Waals surface area contributed by atoms with Crippen molar-refractivity contribution in [1.82, 2.24) is 25.1 Å². The molecule has 0 unspecified atom stereocenters. The summed E-state index contributed by atoms with van der Waals surface area (Å²) in [4.78, 5) is 22.9. The Morgan fingerprint density at radius 2 is 2.13 bits per heavy atom. The van der Waals surface area contributed by atoms with Gasteiger partial charge in [0.25, 0.3) is 5.22 Å². The summed E-state index contributed by atoms with van der Waals surface area (Å²) < 4.78 is 6.45. The zero-order valence-corrected chi connectivity index (χ0v) is 12.8. The number of hydrogen-bond donors (Lipinski definition) is 2. The van der Waals surface area contributed by atoms with Gasteiger partial charge in [-0.15, -0.1) is 10.2 Å². The molecular formula is C13H12N6O3S. The van der Waals surface area contributed by atoms with Crippen LogP contribution in [-0.4, -0.2) is 36.7 Å². The van der Waals surface area contributed by atoms with Crippen LogP contribution in [-0.2, 0) is 4.79 Å². The van der Waals surface area contributed by atoms with E-state index in [2.05, 4.69) is 25.8 Å². The number of benzene rings is 1. The van der Waals surface area contributed by atoms with Gasteiger partial charge in [0.15, 0.2) is 0 Å². The maximum Gasteiger partial charge on any atom is 0.362 e. The second-order valence-electron chi connectivity index (χ2n) is 4.59. The van der Waals surface area contributed by atoms with E-state index in [1.54, 1.807) is 0 Å². The van der Waals surface area contributed by atoms with E-state index >= 15 is 0 Å².